The number of nitrogens with zero attached hydrogens (tertiary/aromatic N) is 2. The lowest BCUT2D eigenvalue weighted by atomic mass is 10.1. The van der Waals surface area contributed by atoms with Crippen molar-refractivity contribution in [2.45, 2.75) is 6.54 Å². The third kappa shape index (κ3) is 4.18. The minimum Gasteiger partial charge on any atom is -0.497 e. The second-order valence-electron chi connectivity index (χ2n) is 5.91. The molecule has 3 aromatic rings. The number of ether oxygens (including phenoxy) is 1. The number of hydrogen-bond acceptors (Lipinski definition) is 8. The van der Waals surface area contributed by atoms with Gasteiger partial charge in [0.15, 0.2) is 0 Å². The van der Waals surface area contributed by atoms with E-state index in [4.69, 9.17) is 9.15 Å². The molecular weight excluding hydrogens is 386 g/mol. The van der Waals surface area contributed by atoms with Gasteiger partial charge in [-0.25, -0.2) is 4.79 Å². The second kappa shape index (κ2) is 7.76. The van der Waals surface area contributed by atoms with Gasteiger partial charge >= 0.3 is 5.63 Å². The molecule has 0 aliphatic carbocycles. The quantitative estimate of drug-likeness (QED) is 0.377. The van der Waals surface area contributed by atoms with E-state index in [0.717, 1.165) is 18.2 Å². The van der Waals surface area contributed by atoms with Crippen LogP contribution in [0.25, 0.3) is 11.0 Å². The van der Waals surface area contributed by atoms with E-state index in [2.05, 4.69) is 5.32 Å². The summed E-state index contributed by atoms with van der Waals surface area (Å²) in [5.74, 6) is -0.309. The molecule has 1 heterocycles. The lowest BCUT2D eigenvalue weighted by molar-refractivity contribution is -0.394. The standard InChI is InChI=1S/C18H13N3O8/c1-28-14-3-2-11-6-15(18(23)29-16(11)8-14)17(22)19-9-10-4-12(20(24)25)7-13(5-10)21(26)27/h2-8H,9H2,1H3,(H,19,22). The maximum absolute atomic E-state index is 12.4. The van der Waals surface area contributed by atoms with Crippen molar-refractivity contribution in [1.29, 1.82) is 0 Å². The molecule has 0 unspecified atom stereocenters. The zero-order valence-electron chi connectivity index (χ0n) is 14.9. The summed E-state index contributed by atoms with van der Waals surface area (Å²) in [7, 11) is 1.46. The minimum atomic E-state index is -0.881. The average Bonchev–Trinajstić information content (AvgIpc) is 2.70. The number of benzene rings is 2. The Morgan fingerprint density at radius 1 is 1.07 bits per heavy atom. The lowest BCUT2D eigenvalue weighted by Gasteiger charge is -2.06. The van der Waals surface area contributed by atoms with Gasteiger partial charge in [0.25, 0.3) is 17.3 Å². The van der Waals surface area contributed by atoms with Gasteiger partial charge in [0.2, 0.25) is 0 Å². The van der Waals surface area contributed by atoms with Crippen LogP contribution in [0.5, 0.6) is 5.75 Å². The Bertz CT molecular complexity index is 1170. The minimum absolute atomic E-state index is 0.133. The molecule has 148 valence electrons. The summed E-state index contributed by atoms with van der Waals surface area (Å²) in [4.78, 5) is 44.8. The monoisotopic (exact) mass is 399 g/mol. The van der Waals surface area contributed by atoms with Gasteiger partial charge in [-0.2, -0.15) is 0 Å². The van der Waals surface area contributed by atoms with Crippen LogP contribution in [0.4, 0.5) is 11.4 Å². The van der Waals surface area contributed by atoms with E-state index in [1.807, 2.05) is 0 Å². The zero-order chi connectivity index (χ0) is 21.1. The van der Waals surface area contributed by atoms with Crippen molar-refractivity contribution in [1.82, 2.24) is 5.32 Å². The van der Waals surface area contributed by atoms with E-state index >= 15 is 0 Å². The van der Waals surface area contributed by atoms with Gasteiger partial charge < -0.3 is 14.5 Å². The molecule has 3 rings (SSSR count). The number of nitro groups is 2. The van der Waals surface area contributed by atoms with Gasteiger partial charge in [0, 0.05) is 30.1 Å². The predicted molar refractivity (Wildman–Crippen MR) is 100.0 cm³/mol. The number of nitrogens with one attached hydrogen (secondary N) is 1. The number of methoxy groups -OCH3 is 1. The summed E-state index contributed by atoms with van der Waals surface area (Å²) >= 11 is 0. The highest BCUT2D eigenvalue weighted by molar-refractivity contribution is 5.96. The normalized spacial score (nSPS) is 10.5. The Hall–Kier alpha value is -4.28. The zero-order valence-corrected chi connectivity index (χ0v) is 14.9. The summed E-state index contributed by atoms with van der Waals surface area (Å²) in [5.41, 5.74) is -1.75. The molecule has 0 fully saturated rings. The fourth-order valence-electron chi connectivity index (χ4n) is 2.62. The summed E-state index contributed by atoms with van der Waals surface area (Å²) in [5, 5.41) is 24.8. The Morgan fingerprint density at radius 2 is 1.72 bits per heavy atom. The highest BCUT2D eigenvalue weighted by Gasteiger charge is 2.18. The molecule has 11 heteroatoms. The number of carbonyl (C=O) groups is 1. The molecule has 0 atom stereocenters. The Labute approximate surface area is 161 Å². The van der Waals surface area contributed by atoms with Crippen LogP contribution in [-0.4, -0.2) is 22.9 Å². The van der Waals surface area contributed by atoms with Crippen molar-refractivity contribution in [2.75, 3.05) is 7.11 Å². The molecular formula is C18H13N3O8. The highest BCUT2D eigenvalue weighted by Crippen LogP contribution is 2.23. The molecule has 0 bridgehead atoms. The lowest BCUT2D eigenvalue weighted by Crippen LogP contribution is -2.27. The first-order valence-electron chi connectivity index (χ1n) is 8.11. The molecule has 11 nitrogen and oxygen atoms in total. The van der Waals surface area contributed by atoms with Gasteiger partial charge in [0.1, 0.15) is 16.9 Å². The van der Waals surface area contributed by atoms with Crippen LogP contribution >= 0.6 is 0 Å². The van der Waals surface area contributed by atoms with Crippen LogP contribution < -0.4 is 15.7 Å². The maximum Gasteiger partial charge on any atom is 0.349 e. The van der Waals surface area contributed by atoms with Crippen molar-refractivity contribution >= 4 is 28.3 Å². The molecule has 0 aliphatic heterocycles. The van der Waals surface area contributed by atoms with E-state index in [9.17, 15) is 29.8 Å². The molecule has 1 N–H and O–H groups in total. The fourth-order valence-corrected chi connectivity index (χ4v) is 2.62. The Kier molecular flexibility index (Phi) is 5.21. The first-order valence-corrected chi connectivity index (χ1v) is 8.11. The van der Waals surface area contributed by atoms with Crippen molar-refractivity contribution in [3.05, 3.63) is 84.2 Å². The largest absolute Gasteiger partial charge is 0.497 e. The van der Waals surface area contributed by atoms with Crippen LogP contribution in [0.2, 0.25) is 0 Å². The third-order valence-electron chi connectivity index (χ3n) is 4.02. The molecule has 0 aliphatic rings. The average molecular weight is 399 g/mol. The van der Waals surface area contributed by atoms with E-state index in [1.54, 1.807) is 12.1 Å². The summed E-state index contributed by atoms with van der Waals surface area (Å²) in [6.45, 7) is -0.262. The highest BCUT2D eigenvalue weighted by atomic mass is 16.6. The van der Waals surface area contributed by atoms with Crippen LogP contribution in [0.3, 0.4) is 0 Å². The van der Waals surface area contributed by atoms with Crippen molar-refractivity contribution in [3.8, 4) is 5.75 Å². The van der Waals surface area contributed by atoms with Crippen molar-refractivity contribution in [2.24, 2.45) is 0 Å². The number of fused-ring (bicyclic) bond motifs is 1. The second-order valence-corrected chi connectivity index (χ2v) is 5.91. The summed E-state index contributed by atoms with van der Waals surface area (Å²) in [6.07, 6.45) is 0. The Morgan fingerprint density at radius 3 is 2.31 bits per heavy atom. The van der Waals surface area contributed by atoms with Crippen LogP contribution in [0.15, 0.2) is 51.7 Å². The topological polar surface area (TPSA) is 155 Å². The first-order chi connectivity index (χ1) is 13.8. The number of rotatable bonds is 6. The number of amides is 1. The number of nitro benzene ring substituents is 2. The molecule has 2 aromatic carbocycles. The smallest absolute Gasteiger partial charge is 0.349 e. The van der Waals surface area contributed by atoms with Gasteiger partial charge in [-0.05, 0) is 23.8 Å². The van der Waals surface area contributed by atoms with Crippen LogP contribution in [-0.2, 0) is 6.54 Å². The maximum atomic E-state index is 12.4. The van der Waals surface area contributed by atoms with Gasteiger partial charge in [0.05, 0.1) is 23.0 Å². The predicted octanol–water partition coefficient (Wildman–Crippen LogP) is 2.55. The van der Waals surface area contributed by atoms with E-state index in [0.29, 0.717) is 11.1 Å². The molecule has 0 saturated carbocycles. The summed E-state index contributed by atoms with van der Waals surface area (Å²) < 4.78 is 10.2. The molecule has 1 amide bonds. The molecule has 0 radical (unpaired) electrons. The van der Waals surface area contributed by atoms with Crippen LogP contribution in [0, 0.1) is 20.2 Å². The molecule has 0 spiro atoms. The van der Waals surface area contributed by atoms with Crippen LogP contribution in [0.1, 0.15) is 15.9 Å². The third-order valence-corrected chi connectivity index (χ3v) is 4.02. The van der Waals surface area contributed by atoms with Gasteiger partial charge in [-0.15, -0.1) is 0 Å². The number of hydrogen-bond donors (Lipinski definition) is 1. The van der Waals surface area contributed by atoms with E-state index in [-0.39, 0.29) is 23.3 Å². The number of non-ortho nitro benzene ring substituents is 2. The van der Waals surface area contributed by atoms with Crippen molar-refractivity contribution in [3.63, 3.8) is 0 Å². The van der Waals surface area contributed by atoms with Gasteiger partial charge in [-0.1, -0.05) is 0 Å². The summed E-state index contributed by atoms with van der Waals surface area (Å²) in [6, 6.07) is 9.10. The van der Waals surface area contributed by atoms with Gasteiger partial charge in [-0.3, -0.25) is 25.0 Å². The van der Waals surface area contributed by atoms with E-state index in [1.165, 1.54) is 19.2 Å². The van der Waals surface area contributed by atoms with Crippen molar-refractivity contribution < 1.29 is 23.8 Å². The first kappa shape index (κ1) is 19.5. The number of carbonyl (C=O) groups excluding carboxylic acids is 1. The Balaban J connectivity index is 1.86. The molecule has 1 aromatic heterocycles. The van der Waals surface area contributed by atoms with E-state index < -0.39 is 32.8 Å². The molecule has 29 heavy (non-hydrogen) atoms. The SMILES string of the molecule is COc1ccc2cc(C(=O)NCc3cc([N+](=O)[O-])cc([N+](=O)[O-])c3)c(=O)oc2c1. The fraction of sp³-hybridized carbons (Fsp3) is 0.111. The molecule has 0 saturated heterocycles.